The molecule has 2 rings (SSSR count). The molecule has 0 bridgehead atoms. The van der Waals surface area contributed by atoms with Crippen LogP contribution in [0.2, 0.25) is 0 Å². The summed E-state index contributed by atoms with van der Waals surface area (Å²) in [7, 11) is 0. The van der Waals surface area contributed by atoms with Crippen molar-refractivity contribution in [1.29, 1.82) is 0 Å². The van der Waals surface area contributed by atoms with Crippen LogP contribution in [-0.2, 0) is 0 Å². The molecule has 1 aromatic rings. The first kappa shape index (κ1) is 12.1. The number of aromatic nitrogens is 1. The average Bonchev–Trinajstić information content (AvgIpc) is 2.31. The predicted molar refractivity (Wildman–Crippen MR) is 69.1 cm³/mol. The Kier molecular flexibility index (Phi) is 3.81. The minimum absolute atomic E-state index is 0.227. The third-order valence-electron chi connectivity index (χ3n) is 3.12. The van der Waals surface area contributed by atoms with Gasteiger partial charge in [-0.25, -0.2) is 4.98 Å². The number of aliphatic hydroxyl groups excluding tert-OH is 1. The highest BCUT2D eigenvalue weighted by Crippen LogP contribution is 2.21. The summed E-state index contributed by atoms with van der Waals surface area (Å²) in [5.74, 6) is 0.888. The van der Waals surface area contributed by atoms with Crippen LogP contribution >= 0.6 is 0 Å². The quantitative estimate of drug-likeness (QED) is 0.778. The molecule has 1 aromatic heterocycles. The lowest BCUT2D eigenvalue weighted by atomic mass is 10.2. The number of nitrogens with two attached hydrogens (primary N) is 1. The molecular formula is C12H20N4O. The molecule has 0 unspecified atom stereocenters. The predicted octanol–water partition coefficient (Wildman–Crippen LogP) is 0.0865. The van der Waals surface area contributed by atoms with Crippen molar-refractivity contribution >= 4 is 11.5 Å². The minimum Gasteiger partial charge on any atom is -0.396 e. The molecule has 94 valence electrons. The van der Waals surface area contributed by atoms with Gasteiger partial charge in [-0.3, -0.25) is 4.90 Å². The maximum absolute atomic E-state index is 8.89. The summed E-state index contributed by atoms with van der Waals surface area (Å²) in [4.78, 5) is 8.87. The number of aliphatic hydroxyl groups is 1. The Morgan fingerprint density at radius 1 is 1.35 bits per heavy atom. The highest BCUT2D eigenvalue weighted by molar-refractivity contribution is 5.63. The summed E-state index contributed by atoms with van der Waals surface area (Å²) in [5.41, 5.74) is 7.83. The number of hydrogen-bond donors (Lipinski definition) is 2. The van der Waals surface area contributed by atoms with E-state index in [1.54, 1.807) is 0 Å². The van der Waals surface area contributed by atoms with Crippen LogP contribution in [0.25, 0.3) is 0 Å². The minimum atomic E-state index is 0.227. The Bertz CT molecular complexity index is 375. The van der Waals surface area contributed by atoms with E-state index in [1.807, 2.05) is 19.2 Å². The zero-order valence-corrected chi connectivity index (χ0v) is 10.3. The Morgan fingerprint density at radius 3 is 2.65 bits per heavy atom. The molecule has 0 aliphatic carbocycles. The van der Waals surface area contributed by atoms with E-state index in [0.717, 1.165) is 49.8 Å². The summed E-state index contributed by atoms with van der Waals surface area (Å²) in [6, 6.07) is 1.96. The molecule has 0 aromatic carbocycles. The number of anilines is 2. The molecule has 0 spiro atoms. The van der Waals surface area contributed by atoms with Gasteiger partial charge in [0.2, 0.25) is 0 Å². The van der Waals surface area contributed by atoms with E-state index in [4.69, 9.17) is 10.8 Å². The van der Waals surface area contributed by atoms with Crippen LogP contribution in [0.3, 0.4) is 0 Å². The summed E-state index contributed by atoms with van der Waals surface area (Å²) < 4.78 is 0. The molecule has 0 radical (unpaired) electrons. The van der Waals surface area contributed by atoms with Crippen molar-refractivity contribution in [2.45, 2.75) is 6.92 Å². The van der Waals surface area contributed by atoms with Crippen molar-refractivity contribution in [2.24, 2.45) is 0 Å². The molecule has 1 saturated heterocycles. The van der Waals surface area contributed by atoms with Crippen molar-refractivity contribution in [3.8, 4) is 0 Å². The number of aryl methyl sites for hydroxylation is 1. The van der Waals surface area contributed by atoms with Gasteiger partial charge in [0.1, 0.15) is 0 Å². The van der Waals surface area contributed by atoms with Gasteiger partial charge in [0, 0.05) is 38.9 Å². The van der Waals surface area contributed by atoms with Gasteiger partial charge in [0.15, 0.2) is 5.82 Å². The fourth-order valence-electron chi connectivity index (χ4n) is 2.17. The van der Waals surface area contributed by atoms with Gasteiger partial charge in [0.25, 0.3) is 0 Å². The van der Waals surface area contributed by atoms with Gasteiger partial charge >= 0.3 is 0 Å². The van der Waals surface area contributed by atoms with Crippen LogP contribution in [0.5, 0.6) is 0 Å². The second kappa shape index (κ2) is 5.33. The van der Waals surface area contributed by atoms with E-state index < -0.39 is 0 Å². The first-order chi connectivity index (χ1) is 8.20. The Labute approximate surface area is 102 Å². The van der Waals surface area contributed by atoms with Crippen molar-refractivity contribution in [3.05, 3.63) is 17.8 Å². The van der Waals surface area contributed by atoms with E-state index in [1.165, 1.54) is 0 Å². The lowest BCUT2D eigenvalue weighted by molar-refractivity contribution is 0.188. The first-order valence-corrected chi connectivity index (χ1v) is 6.01. The Balaban J connectivity index is 2.00. The second-order valence-corrected chi connectivity index (χ2v) is 4.48. The van der Waals surface area contributed by atoms with Gasteiger partial charge in [-0.15, -0.1) is 0 Å². The highest BCUT2D eigenvalue weighted by Gasteiger charge is 2.18. The molecule has 0 saturated carbocycles. The SMILES string of the molecule is Cc1cnc(N2CCN(CCO)CC2)c(N)c1. The third kappa shape index (κ3) is 2.87. The van der Waals surface area contributed by atoms with Crippen LogP contribution in [0, 0.1) is 6.92 Å². The van der Waals surface area contributed by atoms with Gasteiger partial charge < -0.3 is 15.7 Å². The number of hydrogen-bond acceptors (Lipinski definition) is 5. The molecule has 17 heavy (non-hydrogen) atoms. The van der Waals surface area contributed by atoms with Gasteiger partial charge in [0.05, 0.1) is 12.3 Å². The topological polar surface area (TPSA) is 65.6 Å². The second-order valence-electron chi connectivity index (χ2n) is 4.48. The molecular weight excluding hydrogens is 216 g/mol. The van der Waals surface area contributed by atoms with Crippen molar-refractivity contribution < 1.29 is 5.11 Å². The van der Waals surface area contributed by atoms with E-state index in [-0.39, 0.29) is 6.61 Å². The fraction of sp³-hybridized carbons (Fsp3) is 0.583. The van der Waals surface area contributed by atoms with Crippen LogP contribution in [0.1, 0.15) is 5.56 Å². The smallest absolute Gasteiger partial charge is 0.151 e. The molecule has 1 aliphatic rings. The normalized spacial score (nSPS) is 17.4. The van der Waals surface area contributed by atoms with Crippen LogP contribution in [-0.4, -0.2) is 54.3 Å². The number of pyridine rings is 1. The molecule has 3 N–H and O–H groups in total. The van der Waals surface area contributed by atoms with Crippen LogP contribution in [0.15, 0.2) is 12.3 Å². The maximum Gasteiger partial charge on any atom is 0.151 e. The van der Waals surface area contributed by atoms with Crippen molar-refractivity contribution in [1.82, 2.24) is 9.88 Å². The average molecular weight is 236 g/mol. The molecule has 5 heteroatoms. The highest BCUT2D eigenvalue weighted by atomic mass is 16.3. The molecule has 2 heterocycles. The number of β-amino-alcohol motifs (C(OH)–C–C–N with tert-alkyl or cyclic N) is 1. The van der Waals surface area contributed by atoms with E-state index >= 15 is 0 Å². The van der Waals surface area contributed by atoms with E-state index in [2.05, 4.69) is 14.8 Å². The van der Waals surface area contributed by atoms with Crippen molar-refractivity contribution in [2.75, 3.05) is 50.0 Å². The lowest BCUT2D eigenvalue weighted by Gasteiger charge is -2.35. The molecule has 0 atom stereocenters. The number of nitrogen functional groups attached to an aromatic ring is 1. The molecule has 0 amide bonds. The largest absolute Gasteiger partial charge is 0.396 e. The zero-order valence-electron chi connectivity index (χ0n) is 10.3. The van der Waals surface area contributed by atoms with Crippen LogP contribution < -0.4 is 10.6 Å². The molecule has 1 fully saturated rings. The summed E-state index contributed by atoms with van der Waals surface area (Å²) in [6.07, 6.45) is 1.85. The summed E-state index contributed by atoms with van der Waals surface area (Å²) in [5, 5.41) is 8.89. The number of rotatable bonds is 3. The van der Waals surface area contributed by atoms with Gasteiger partial charge in [-0.1, -0.05) is 0 Å². The zero-order chi connectivity index (χ0) is 12.3. The van der Waals surface area contributed by atoms with Crippen molar-refractivity contribution in [3.63, 3.8) is 0 Å². The van der Waals surface area contributed by atoms with Gasteiger partial charge in [-0.05, 0) is 18.6 Å². The molecule has 5 nitrogen and oxygen atoms in total. The van der Waals surface area contributed by atoms with E-state index in [0.29, 0.717) is 0 Å². The monoisotopic (exact) mass is 236 g/mol. The maximum atomic E-state index is 8.89. The lowest BCUT2D eigenvalue weighted by Crippen LogP contribution is -2.47. The van der Waals surface area contributed by atoms with E-state index in [9.17, 15) is 0 Å². The standard InChI is InChI=1S/C12H20N4O/c1-10-8-11(13)12(14-9-10)16-4-2-15(3-5-16)6-7-17/h8-9,17H,2-7,13H2,1H3. The Morgan fingerprint density at radius 2 is 2.06 bits per heavy atom. The third-order valence-corrected chi connectivity index (χ3v) is 3.12. The fourth-order valence-corrected chi connectivity index (χ4v) is 2.17. The number of nitrogens with zero attached hydrogens (tertiary/aromatic N) is 3. The molecule has 1 aliphatic heterocycles. The number of piperazine rings is 1. The first-order valence-electron chi connectivity index (χ1n) is 6.01. The summed E-state index contributed by atoms with van der Waals surface area (Å²) >= 11 is 0. The summed E-state index contributed by atoms with van der Waals surface area (Å²) in [6.45, 7) is 6.72. The Hall–Kier alpha value is -1.33. The van der Waals surface area contributed by atoms with Crippen LogP contribution in [0.4, 0.5) is 11.5 Å². The van der Waals surface area contributed by atoms with Gasteiger partial charge in [-0.2, -0.15) is 0 Å².